The molecule has 82 valence electrons. The number of carbonyl (C=O) groups is 1. The fourth-order valence-corrected chi connectivity index (χ4v) is 1.47. The Morgan fingerprint density at radius 2 is 2.36 bits per heavy atom. The Hall–Kier alpha value is -0.610. The summed E-state index contributed by atoms with van der Waals surface area (Å²) in [6, 6.07) is 0. The van der Waals surface area contributed by atoms with Crippen molar-refractivity contribution in [3.8, 4) is 0 Å². The number of hydrogen-bond acceptors (Lipinski definition) is 3. The van der Waals surface area contributed by atoms with Gasteiger partial charge in [0.25, 0.3) is 0 Å². The summed E-state index contributed by atoms with van der Waals surface area (Å²) < 4.78 is 5.03. The molecule has 3 atom stereocenters. The number of nitrogens with one attached hydrogen (secondary N) is 1. The van der Waals surface area contributed by atoms with Crippen molar-refractivity contribution < 1.29 is 9.53 Å². The van der Waals surface area contributed by atoms with Crippen LogP contribution in [0.25, 0.3) is 0 Å². The Morgan fingerprint density at radius 1 is 1.71 bits per heavy atom. The molecule has 0 radical (unpaired) electrons. The Morgan fingerprint density at radius 3 is 2.79 bits per heavy atom. The molecule has 1 amide bonds. The summed E-state index contributed by atoms with van der Waals surface area (Å²) in [4.78, 5) is 11.4. The number of ether oxygens (including phenoxy) is 1. The van der Waals surface area contributed by atoms with E-state index in [-0.39, 0.29) is 12.0 Å². The Bertz CT molecular complexity index is 193. The molecule has 0 aromatic carbocycles. The summed E-state index contributed by atoms with van der Waals surface area (Å²) in [5.41, 5.74) is 5.42. The zero-order chi connectivity index (χ0) is 10.6. The molecule has 0 spiro atoms. The molecule has 0 aromatic rings. The number of rotatable bonds is 6. The maximum atomic E-state index is 11.4. The highest BCUT2D eigenvalue weighted by Crippen LogP contribution is 2.36. The lowest BCUT2D eigenvalue weighted by molar-refractivity contribution is -0.123. The van der Waals surface area contributed by atoms with E-state index in [0.717, 1.165) is 12.5 Å². The van der Waals surface area contributed by atoms with Crippen molar-refractivity contribution in [3.05, 3.63) is 0 Å². The van der Waals surface area contributed by atoms with Crippen molar-refractivity contribution in [1.29, 1.82) is 0 Å². The fourth-order valence-electron chi connectivity index (χ4n) is 1.47. The van der Waals surface area contributed by atoms with Crippen LogP contribution in [-0.2, 0) is 9.53 Å². The average molecular weight is 200 g/mol. The Balaban J connectivity index is 2.08. The standard InChI is InChI=1S/C10H20N2O2/c1-7-3-8(7)6-12-10(13)4-9(5-11)14-2/h7-9H,3-6,11H2,1-2H3,(H,12,13). The third-order valence-electron chi connectivity index (χ3n) is 2.85. The molecule has 1 rings (SSSR count). The van der Waals surface area contributed by atoms with E-state index in [1.54, 1.807) is 7.11 Å². The van der Waals surface area contributed by atoms with Gasteiger partial charge in [-0.3, -0.25) is 4.79 Å². The normalized spacial score (nSPS) is 27.1. The molecule has 4 heteroatoms. The van der Waals surface area contributed by atoms with Crippen molar-refractivity contribution in [3.63, 3.8) is 0 Å². The van der Waals surface area contributed by atoms with Crippen LogP contribution in [0.3, 0.4) is 0 Å². The molecular weight excluding hydrogens is 180 g/mol. The van der Waals surface area contributed by atoms with Crippen LogP contribution in [0.15, 0.2) is 0 Å². The largest absolute Gasteiger partial charge is 0.380 e. The highest BCUT2D eigenvalue weighted by molar-refractivity contribution is 5.76. The fraction of sp³-hybridized carbons (Fsp3) is 0.900. The quantitative estimate of drug-likeness (QED) is 0.640. The molecule has 0 bridgehead atoms. The predicted molar refractivity (Wildman–Crippen MR) is 54.7 cm³/mol. The number of methoxy groups -OCH3 is 1. The minimum absolute atomic E-state index is 0.0430. The molecule has 3 N–H and O–H groups in total. The predicted octanol–water partition coefficient (Wildman–Crippen LogP) is 0.122. The number of hydrogen-bond donors (Lipinski definition) is 2. The Kier molecular flexibility index (Phi) is 4.35. The zero-order valence-corrected chi connectivity index (χ0v) is 8.95. The van der Waals surface area contributed by atoms with Gasteiger partial charge in [-0.05, 0) is 18.3 Å². The van der Waals surface area contributed by atoms with Gasteiger partial charge in [-0.1, -0.05) is 6.92 Å². The molecule has 1 saturated carbocycles. The first-order valence-electron chi connectivity index (χ1n) is 5.17. The molecule has 0 saturated heterocycles. The van der Waals surface area contributed by atoms with Gasteiger partial charge in [-0.25, -0.2) is 0 Å². The van der Waals surface area contributed by atoms with Gasteiger partial charge in [0, 0.05) is 20.2 Å². The molecule has 1 aliphatic carbocycles. The van der Waals surface area contributed by atoms with E-state index in [1.165, 1.54) is 6.42 Å². The van der Waals surface area contributed by atoms with E-state index >= 15 is 0 Å². The van der Waals surface area contributed by atoms with Gasteiger partial charge in [-0.15, -0.1) is 0 Å². The van der Waals surface area contributed by atoms with E-state index in [1.807, 2.05) is 0 Å². The van der Waals surface area contributed by atoms with Crippen LogP contribution in [0.1, 0.15) is 19.8 Å². The zero-order valence-electron chi connectivity index (χ0n) is 8.95. The minimum Gasteiger partial charge on any atom is -0.380 e. The lowest BCUT2D eigenvalue weighted by Crippen LogP contribution is -2.33. The van der Waals surface area contributed by atoms with Crippen LogP contribution >= 0.6 is 0 Å². The molecule has 14 heavy (non-hydrogen) atoms. The van der Waals surface area contributed by atoms with Crippen LogP contribution < -0.4 is 11.1 Å². The van der Waals surface area contributed by atoms with Crippen molar-refractivity contribution in [1.82, 2.24) is 5.32 Å². The average Bonchev–Trinajstić information content (AvgIpc) is 2.88. The second kappa shape index (κ2) is 5.32. The molecular formula is C10H20N2O2. The van der Waals surface area contributed by atoms with E-state index in [4.69, 9.17) is 10.5 Å². The van der Waals surface area contributed by atoms with Gasteiger partial charge < -0.3 is 15.8 Å². The van der Waals surface area contributed by atoms with Crippen molar-refractivity contribution in [2.75, 3.05) is 20.2 Å². The van der Waals surface area contributed by atoms with E-state index in [0.29, 0.717) is 18.9 Å². The Labute approximate surface area is 85.2 Å². The maximum Gasteiger partial charge on any atom is 0.222 e. The van der Waals surface area contributed by atoms with Crippen molar-refractivity contribution >= 4 is 5.91 Å². The maximum absolute atomic E-state index is 11.4. The number of nitrogens with two attached hydrogens (primary N) is 1. The lowest BCUT2D eigenvalue weighted by Gasteiger charge is -2.12. The molecule has 4 nitrogen and oxygen atoms in total. The number of amides is 1. The first kappa shape index (κ1) is 11.5. The van der Waals surface area contributed by atoms with Gasteiger partial charge in [0.2, 0.25) is 5.91 Å². The smallest absolute Gasteiger partial charge is 0.222 e. The molecule has 0 aliphatic heterocycles. The summed E-state index contributed by atoms with van der Waals surface area (Å²) >= 11 is 0. The van der Waals surface area contributed by atoms with Crippen LogP contribution in [-0.4, -0.2) is 32.2 Å². The van der Waals surface area contributed by atoms with Gasteiger partial charge in [0.15, 0.2) is 0 Å². The topological polar surface area (TPSA) is 64.3 Å². The summed E-state index contributed by atoms with van der Waals surface area (Å²) in [5, 5.41) is 2.90. The number of carbonyl (C=O) groups excluding carboxylic acids is 1. The monoisotopic (exact) mass is 200 g/mol. The highest BCUT2D eigenvalue weighted by atomic mass is 16.5. The molecule has 0 heterocycles. The first-order valence-corrected chi connectivity index (χ1v) is 5.17. The molecule has 1 fully saturated rings. The van der Waals surface area contributed by atoms with Crippen LogP contribution in [0, 0.1) is 11.8 Å². The minimum atomic E-state index is -0.147. The van der Waals surface area contributed by atoms with Crippen molar-refractivity contribution in [2.45, 2.75) is 25.9 Å². The molecule has 0 aromatic heterocycles. The van der Waals surface area contributed by atoms with E-state index < -0.39 is 0 Å². The summed E-state index contributed by atoms with van der Waals surface area (Å²) in [6.07, 6.45) is 1.46. The van der Waals surface area contributed by atoms with Gasteiger partial charge in [0.05, 0.1) is 12.5 Å². The molecule has 3 unspecified atom stereocenters. The second-order valence-corrected chi connectivity index (χ2v) is 4.07. The van der Waals surface area contributed by atoms with Crippen LogP contribution in [0.2, 0.25) is 0 Å². The third-order valence-corrected chi connectivity index (χ3v) is 2.85. The van der Waals surface area contributed by atoms with Crippen molar-refractivity contribution in [2.24, 2.45) is 17.6 Å². The highest BCUT2D eigenvalue weighted by Gasteiger charge is 2.32. The SMILES string of the molecule is COC(CN)CC(=O)NCC1CC1C. The van der Waals surface area contributed by atoms with E-state index in [9.17, 15) is 4.79 Å². The van der Waals surface area contributed by atoms with Crippen LogP contribution in [0.4, 0.5) is 0 Å². The summed E-state index contributed by atoms with van der Waals surface area (Å²) in [5.74, 6) is 1.52. The van der Waals surface area contributed by atoms with Gasteiger partial charge >= 0.3 is 0 Å². The summed E-state index contributed by atoms with van der Waals surface area (Å²) in [7, 11) is 1.58. The second-order valence-electron chi connectivity index (χ2n) is 4.07. The van der Waals surface area contributed by atoms with Gasteiger partial charge in [0.1, 0.15) is 0 Å². The lowest BCUT2D eigenvalue weighted by atomic mass is 10.2. The van der Waals surface area contributed by atoms with Gasteiger partial charge in [-0.2, -0.15) is 0 Å². The first-order chi connectivity index (χ1) is 6.67. The third kappa shape index (κ3) is 3.64. The summed E-state index contributed by atoms with van der Waals surface area (Å²) in [6.45, 7) is 3.40. The van der Waals surface area contributed by atoms with E-state index in [2.05, 4.69) is 12.2 Å². The van der Waals surface area contributed by atoms with Crippen LogP contribution in [0.5, 0.6) is 0 Å². The molecule has 1 aliphatic rings.